The van der Waals surface area contributed by atoms with Crippen molar-refractivity contribution in [2.75, 3.05) is 11.8 Å². The Balaban J connectivity index is 2.52. The number of methoxy groups -OCH3 is 1. The molecule has 0 amide bonds. The van der Waals surface area contributed by atoms with Gasteiger partial charge in [-0.15, -0.1) is 0 Å². The number of anilines is 1. The average Bonchev–Trinajstić information content (AvgIpc) is 2.72. The molecule has 1 aromatic heterocycles. The van der Waals surface area contributed by atoms with Gasteiger partial charge < -0.3 is 9.15 Å². The lowest BCUT2D eigenvalue weighted by atomic mass is 10.2. The zero-order valence-corrected chi connectivity index (χ0v) is 13.5. The van der Waals surface area contributed by atoms with Crippen molar-refractivity contribution in [3.05, 3.63) is 40.6 Å². The van der Waals surface area contributed by atoms with Gasteiger partial charge in [0.2, 0.25) is 5.88 Å². The Morgan fingerprint density at radius 1 is 1.27 bits per heavy atom. The van der Waals surface area contributed by atoms with Crippen molar-refractivity contribution in [1.82, 2.24) is 0 Å². The fourth-order valence-corrected chi connectivity index (χ4v) is 3.26. The Labute approximate surface area is 129 Å². The van der Waals surface area contributed by atoms with Crippen molar-refractivity contribution >= 4 is 15.9 Å². The highest BCUT2D eigenvalue weighted by Crippen LogP contribution is 2.30. The summed E-state index contributed by atoms with van der Waals surface area (Å²) in [5, 5.41) is 9.16. The Kier molecular flexibility index (Phi) is 4.15. The zero-order valence-electron chi connectivity index (χ0n) is 12.7. The first-order valence-electron chi connectivity index (χ1n) is 6.47. The Hall–Kier alpha value is -2.46. The minimum absolute atomic E-state index is 0.00871. The molecular formula is C15H16N2O4S. The van der Waals surface area contributed by atoms with Crippen molar-refractivity contribution in [3.8, 4) is 11.8 Å². The lowest BCUT2D eigenvalue weighted by Gasteiger charge is -2.11. The first-order valence-corrected chi connectivity index (χ1v) is 7.96. The summed E-state index contributed by atoms with van der Waals surface area (Å²) in [6.45, 7) is 5.14. The van der Waals surface area contributed by atoms with E-state index in [1.54, 1.807) is 32.9 Å². The first kappa shape index (κ1) is 15.9. The van der Waals surface area contributed by atoms with E-state index in [-0.39, 0.29) is 22.1 Å². The summed E-state index contributed by atoms with van der Waals surface area (Å²) in [5.41, 5.74) is 1.55. The Bertz CT molecular complexity index is 860. The van der Waals surface area contributed by atoms with Crippen molar-refractivity contribution in [2.45, 2.75) is 25.7 Å². The van der Waals surface area contributed by atoms with Gasteiger partial charge in [0.25, 0.3) is 10.0 Å². The number of nitrogens with zero attached hydrogens (tertiary/aromatic N) is 1. The number of nitrogens with one attached hydrogen (secondary N) is 1. The number of ether oxygens (including phenoxy) is 1. The molecule has 1 heterocycles. The maximum absolute atomic E-state index is 12.6. The molecule has 22 heavy (non-hydrogen) atoms. The maximum Gasteiger partial charge on any atom is 0.267 e. The Morgan fingerprint density at radius 3 is 2.55 bits per heavy atom. The number of hydrogen-bond donors (Lipinski definition) is 1. The van der Waals surface area contributed by atoms with Crippen LogP contribution in [0, 0.1) is 32.1 Å². The minimum Gasteiger partial charge on any atom is -0.495 e. The number of benzene rings is 1. The SMILES string of the molecule is COc1ccc(C)cc1S(=O)(=O)Nc1oc(C)c(C)c1C#N. The summed E-state index contributed by atoms with van der Waals surface area (Å²) in [5.74, 6) is 0.628. The molecule has 0 unspecified atom stereocenters. The van der Waals surface area contributed by atoms with E-state index in [1.165, 1.54) is 13.2 Å². The molecule has 1 N–H and O–H groups in total. The molecular weight excluding hydrogens is 304 g/mol. The molecule has 0 aliphatic heterocycles. The van der Waals surface area contributed by atoms with Crippen LogP contribution in [-0.4, -0.2) is 15.5 Å². The van der Waals surface area contributed by atoms with Crippen LogP contribution < -0.4 is 9.46 Å². The number of furan rings is 1. The lowest BCUT2D eigenvalue weighted by Crippen LogP contribution is -2.14. The summed E-state index contributed by atoms with van der Waals surface area (Å²) in [6, 6.07) is 6.77. The second-order valence-electron chi connectivity index (χ2n) is 4.86. The standard InChI is InChI=1S/C15H16N2O4S/c1-9-5-6-13(20-4)14(7-9)22(18,19)17-15-12(8-16)10(2)11(3)21-15/h5-7,17H,1-4H3. The van der Waals surface area contributed by atoms with Gasteiger partial charge in [0.15, 0.2) is 0 Å². The highest BCUT2D eigenvalue weighted by molar-refractivity contribution is 7.92. The van der Waals surface area contributed by atoms with Crippen LogP contribution in [0.25, 0.3) is 0 Å². The number of hydrogen-bond acceptors (Lipinski definition) is 5. The molecule has 1 aromatic carbocycles. The van der Waals surface area contributed by atoms with Gasteiger partial charge in [-0.2, -0.15) is 5.26 Å². The molecule has 7 heteroatoms. The number of nitriles is 1. The number of rotatable bonds is 4. The van der Waals surface area contributed by atoms with Crippen LogP contribution in [0.2, 0.25) is 0 Å². The quantitative estimate of drug-likeness (QED) is 0.935. The van der Waals surface area contributed by atoms with Crippen molar-refractivity contribution < 1.29 is 17.6 Å². The molecule has 0 saturated carbocycles. The molecule has 0 spiro atoms. The van der Waals surface area contributed by atoms with E-state index < -0.39 is 10.0 Å². The van der Waals surface area contributed by atoms with Gasteiger partial charge in [0, 0.05) is 5.56 Å². The molecule has 0 aliphatic carbocycles. The van der Waals surface area contributed by atoms with Gasteiger partial charge in [0.1, 0.15) is 28.0 Å². The van der Waals surface area contributed by atoms with E-state index >= 15 is 0 Å². The second-order valence-corrected chi connectivity index (χ2v) is 6.51. The average molecular weight is 320 g/mol. The number of aryl methyl sites for hydroxylation is 2. The van der Waals surface area contributed by atoms with E-state index in [9.17, 15) is 8.42 Å². The molecule has 2 rings (SSSR count). The Morgan fingerprint density at radius 2 is 1.95 bits per heavy atom. The third-order valence-corrected chi connectivity index (χ3v) is 4.69. The lowest BCUT2D eigenvalue weighted by molar-refractivity contribution is 0.402. The van der Waals surface area contributed by atoms with Crippen LogP contribution >= 0.6 is 0 Å². The van der Waals surface area contributed by atoms with Crippen molar-refractivity contribution in [3.63, 3.8) is 0 Å². The molecule has 0 atom stereocenters. The van der Waals surface area contributed by atoms with E-state index in [0.29, 0.717) is 11.3 Å². The summed E-state index contributed by atoms with van der Waals surface area (Å²) in [4.78, 5) is -0.00871. The van der Waals surface area contributed by atoms with Crippen molar-refractivity contribution in [2.24, 2.45) is 0 Å². The van der Waals surface area contributed by atoms with Gasteiger partial charge >= 0.3 is 0 Å². The molecule has 2 aromatic rings. The monoisotopic (exact) mass is 320 g/mol. The fraction of sp³-hybridized carbons (Fsp3) is 0.267. The van der Waals surface area contributed by atoms with Crippen LogP contribution in [0.4, 0.5) is 5.88 Å². The van der Waals surface area contributed by atoms with Crippen LogP contribution in [0.5, 0.6) is 5.75 Å². The first-order chi connectivity index (χ1) is 10.3. The molecule has 0 fully saturated rings. The third-order valence-electron chi connectivity index (χ3n) is 3.33. The minimum atomic E-state index is -3.93. The van der Waals surface area contributed by atoms with Gasteiger partial charge in [-0.3, -0.25) is 0 Å². The van der Waals surface area contributed by atoms with E-state index in [1.807, 2.05) is 6.07 Å². The third kappa shape index (κ3) is 2.78. The van der Waals surface area contributed by atoms with Crippen LogP contribution in [0.1, 0.15) is 22.5 Å². The normalized spacial score (nSPS) is 11.0. The molecule has 0 saturated heterocycles. The molecule has 6 nitrogen and oxygen atoms in total. The second kappa shape index (κ2) is 5.73. The predicted molar refractivity (Wildman–Crippen MR) is 81.4 cm³/mol. The van der Waals surface area contributed by atoms with E-state index in [0.717, 1.165) is 5.56 Å². The van der Waals surface area contributed by atoms with Crippen LogP contribution in [-0.2, 0) is 10.0 Å². The predicted octanol–water partition coefficient (Wildman–Crippen LogP) is 2.89. The van der Waals surface area contributed by atoms with Crippen molar-refractivity contribution in [1.29, 1.82) is 5.26 Å². The van der Waals surface area contributed by atoms with Gasteiger partial charge in [0.05, 0.1) is 7.11 Å². The van der Waals surface area contributed by atoms with Crippen LogP contribution in [0.15, 0.2) is 27.5 Å². The summed E-state index contributed by atoms with van der Waals surface area (Å²) in [7, 11) is -2.54. The topological polar surface area (TPSA) is 92.3 Å². The maximum atomic E-state index is 12.6. The fourth-order valence-electron chi connectivity index (χ4n) is 2.00. The molecule has 116 valence electrons. The summed E-state index contributed by atoms with van der Waals surface area (Å²) < 4.78 is 37.9. The molecule has 0 aliphatic rings. The highest BCUT2D eigenvalue weighted by Gasteiger charge is 2.24. The van der Waals surface area contributed by atoms with Crippen LogP contribution in [0.3, 0.4) is 0 Å². The molecule has 0 bridgehead atoms. The van der Waals surface area contributed by atoms with E-state index in [2.05, 4.69) is 4.72 Å². The molecule has 0 radical (unpaired) electrons. The van der Waals surface area contributed by atoms with E-state index in [4.69, 9.17) is 14.4 Å². The van der Waals surface area contributed by atoms with Gasteiger partial charge in [-0.1, -0.05) is 6.07 Å². The smallest absolute Gasteiger partial charge is 0.267 e. The summed E-state index contributed by atoms with van der Waals surface area (Å²) in [6.07, 6.45) is 0. The zero-order chi connectivity index (χ0) is 16.5. The van der Waals surface area contributed by atoms with Gasteiger partial charge in [-0.05, 0) is 38.5 Å². The summed E-state index contributed by atoms with van der Waals surface area (Å²) >= 11 is 0. The van der Waals surface area contributed by atoms with Gasteiger partial charge in [-0.25, -0.2) is 13.1 Å². The number of sulfonamides is 1. The largest absolute Gasteiger partial charge is 0.495 e. The highest BCUT2D eigenvalue weighted by atomic mass is 32.2.